The van der Waals surface area contributed by atoms with E-state index < -0.39 is 5.96 Å². The number of hydrogen-bond donors (Lipinski definition) is 0. The Hall–Kier alpha value is -2.60. The van der Waals surface area contributed by atoms with Gasteiger partial charge in [-0.2, -0.15) is 0 Å². The summed E-state index contributed by atoms with van der Waals surface area (Å²) in [5.74, 6) is -2.42. The minimum atomic E-state index is -3.38. The van der Waals surface area contributed by atoms with E-state index in [1.54, 1.807) is 7.11 Å². The Bertz CT molecular complexity index is 1140. The van der Waals surface area contributed by atoms with E-state index in [4.69, 9.17) is 16.0 Å². The zero-order chi connectivity index (χ0) is 23.5. The topological polar surface area (TPSA) is 9.23 Å². The van der Waals surface area contributed by atoms with Crippen molar-refractivity contribution in [3.63, 3.8) is 0 Å². The quantitative estimate of drug-likeness (QED) is 0.260. The van der Waals surface area contributed by atoms with E-state index in [0.29, 0.717) is 0 Å². The molecule has 0 aromatic heterocycles. The normalized spacial score (nSPS) is 12.7. The minimum absolute atomic E-state index is 0.750. The molecule has 0 aliphatic carbocycles. The van der Waals surface area contributed by atoms with Gasteiger partial charge in [-0.25, -0.2) is 0 Å². The van der Waals surface area contributed by atoms with Crippen molar-refractivity contribution < 1.29 is 4.74 Å². The van der Waals surface area contributed by atoms with E-state index in [1.807, 2.05) is 0 Å². The molecule has 4 rings (SSSR count). The molecule has 0 N–H and O–H groups in total. The average molecular weight is 475 g/mol. The Balaban J connectivity index is 2.12. The molecule has 0 amide bonds. The Morgan fingerprint density at radius 3 is 1.48 bits per heavy atom. The van der Waals surface area contributed by atoms with Crippen molar-refractivity contribution in [2.75, 3.05) is 7.11 Å². The summed E-state index contributed by atoms with van der Waals surface area (Å²) in [4.78, 5) is 0. The van der Waals surface area contributed by atoms with Crippen LogP contribution in [0.1, 0.15) is 29.2 Å². The molecule has 1 nitrogen and oxygen atoms in total. The number of rotatable bonds is 7. The van der Waals surface area contributed by atoms with Gasteiger partial charge in [0.25, 0.3) is 0 Å². The first-order chi connectivity index (χ1) is 15.9. The summed E-state index contributed by atoms with van der Waals surface area (Å²) in [6.45, 7) is 6.60. The first-order valence-corrected chi connectivity index (χ1v) is 14.8. The van der Waals surface area contributed by atoms with Crippen LogP contribution in [0.4, 0.5) is 0 Å². The molecular weight excluding hydrogens is 443 g/mol. The van der Waals surface area contributed by atoms with Gasteiger partial charge in [0.2, 0.25) is 0 Å². The van der Waals surface area contributed by atoms with Crippen LogP contribution in [0.15, 0.2) is 97.1 Å². The first-order valence-electron chi connectivity index (χ1n) is 11.5. The number of aryl methyl sites for hydroxylation is 1. The van der Waals surface area contributed by atoms with Crippen molar-refractivity contribution in [1.82, 2.24) is 0 Å². The van der Waals surface area contributed by atoms with Gasteiger partial charge < -0.3 is 0 Å². The van der Waals surface area contributed by atoms with Gasteiger partial charge in [0.15, 0.2) is 0 Å². The van der Waals surface area contributed by atoms with Gasteiger partial charge in [-0.05, 0) is 0 Å². The summed E-state index contributed by atoms with van der Waals surface area (Å²) in [5, 5.41) is 3.57. The molecular formula is C30H32ClOP. The molecule has 0 atom stereocenters. The van der Waals surface area contributed by atoms with Crippen LogP contribution in [0.3, 0.4) is 0 Å². The third-order valence-corrected chi connectivity index (χ3v) is 14.1. The molecule has 0 saturated heterocycles. The summed E-state index contributed by atoms with van der Waals surface area (Å²) >= 11 is 8.32. The third kappa shape index (κ3) is 3.88. The SMILES string of the molecule is CCc1c(OC)cc(C)c(CP(Cl)(c2ccccc2)(c2ccccc2)c2ccccc2)c1C. The van der Waals surface area contributed by atoms with Crippen molar-refractivity contribution >= 4 is 33.1 Å². The predicted octanol–water partition coefficient (Wildman–Crippen LogP) is 7.06. The summed E-state index contributed by atoms with van der Waals surface area (Å²) in [6.07, 6.45) is 1.67. The second kappa shape index (κ2) is 9.34. The number of hydrogen-bond acceptors (Lipinski definition) is 1. The molecule has 170 valence electrons. The first kappa shape index (κ1) is 23.6. The summed E-state index contributed by atoms with van der Waals surface area (Å²) in [5.41, 5.74) is 5.08. The zero-order valence-electron chi connectivity index (χ0n) is 19.9. The maximum atomic E-state index is 8.32. The van der Waals surface area contributed by atoms with Crippen molar-refractivity contribution in [2.45, 2.75) is 33.4 Å². The van der Waals surface area contributed by atoms with Gasteiger partial charge in [0.1, 0.15) is 0 Å². The zero-order valence-corrected chi connectivity index (χ0v) is 21.5. The van der Waals surface area contributed by atoms with E-state index in [9.17, 15) is 0 Å². The molecule has 0 fully saturated rings. The van der Waals surface area contributed by atoms with Crippen molar-refractivity contribution in [3.8, 4) is 5.75 Å². The van der Waals surface area contributed by atoms with E-state index in [-0.39, 0.29) is 0 Å². The van der Waals surface area contributed by atoms with Crippen molar-refractivity contribution in [1.29, 1.82) is 0 Å². The number of ether oxygens (including phenoxy) is 1. The molecule has 0 radical (unpaired) electrons. The van der Waals surface area contributed by atoms with Crippen LogP contribution < -0.4 is 20.7 Å². The van der Waals surface area contributed by atoms with Crippen LogP contribution in [0.2, 0.25) is 0 Å². The van der Waals surface area contributed by atoms with Gasteiger partial charge in [-0.1, -0.05) is 0 Å². The van der Waals surface area contributed by atoms with Crippen LogP contribution in [-0.2, 0) is 12.6 Å². The second-order valence-electron chi connectivity index (χ2n) is 8.68. The maximum absolute atomic E-state index is 8.32. The molecule has 0 unspecified atom stereocenters. The predicted molar refractivity (Wildman–Crippen MR) is 147 cm³/mol. The molecule has 0 spiro atoms. The third-order valence-electron chi connectivity index (χ3n) is 6.94. The fourth-order valence-electron chi connectivity index (χ4n) is 5.13. The molecule has 4 aromatic rings. The average Bonchev–Trinajstić information content (AvgIpc) is 2.88. The molecule has 0 aliphatic heterocycles. The number of halogens is 1. The van der Waals surface area contributed by atoms with E-state index >= 15 is 0 Å². The molecule has 0 saturated carbocycles. The fourth-order valence-corrected chi connectivity index (χ4v) is 11.4. The van der Waals surface area contributed by atoms with Crippen molar-refractivity contribution in [2.24, 2.45) is 0 Å². The van der Waals surface area contributed by atoms with Gasteiger partial charge in [0.05, 0.1) is 0 Å². The van der Waals surface area contributed by atoms with Gasteiger partial charge in [-0.3, -0.25) is 0 Å². The van der Waals surface area contributed by atoms with Crippen LogP contribution in [0.5, 0.6) is 5.75 Å². The molecule has 3 heteroatoms. The van der Waals surface area contributed by atoms with Gasteiger partial charge in [-0.15, -0.1) is 0 Å². The van der Waals surface area contributed by atoms with E-state index in [1.165, 1.54) is 38.2 Å². The summed E-state index contributed by atoms with van der Waals surface area (Å²) in [7, 11) is 1.76. The van der Waals surface area contributed by atoms with Crippen LogP contribution in [-0.4, -0.2) is 7.11 Å². The Morgan fingerprint density at radius 2 is 1.12 bits per heavy atom. The number of methoxy groups -OCH3 is 1. The Labute approximate surface area is 203 Å². The van der Waals surface area contributed by atoms with E-state index in [2.05, 4.69) is 118 Å². The van der Waals surface area contributed by atoms with E-state index in [0.717, 1.165) is 18.3 Å². The monoisotopic (exact) mass is 474 g/mol. The molecule has 0 heterocycles. The number of benzene rings is 4. The molecule has 33 heavy (non-hydrogen) atoms. The fraction of sp³-hybridized carbons (Fsp3) is 0.200. The summed E-state index contributed by atoms with van der Waals surface area (Å²) in [6, 6.07) is 34.3. The second-order valence-corrected chi connectivity index (χ2v) is 15.1. The van der Waals surface area contributed by atoms with Crippen LogP contribution in [0.25, 0.3) is 0 Å². The Morgan fingerprint density at radius 1 is 0.697 bits per heavy atom. The standard InChI is InChI=1S/C30H32ClOP/c1-5-28-24(3)29(23(2)21-30(28)32-4)22-33(31,25-15-9-6-10-16-25,26-17-11-7-12-18-26)27-19-13-8-14-20-27/h6-21H,5,22H2,1-4H3. The van der Waals surface area contributed by atoms with Crippen molar-refractivity contribution in [3.05, 3.63) is 119 Å². The van der Waals surface area contributed by atoms with Gasteiger partial charge >= 0.3 is 203 Å². The molecule has 0 aliphatic rings. The summed E-state index contributed by atoms with van der Waals surface area (Å²) < 4.78 is 5.74. The van der Waals surface area contributed by atoms with Crippen LogP contribution in [0, 0.1) is 13.8 Å². The molecule has 0 bridgehead atoms. The Kier molecular flexibility index (Phi) is 6.66. The molecule has 4 aromatic carbocycles. The van der Waals surface area contributed by atoms with Gasteiger partial charge in [0, 0.05) is 0 Å². The van der Waals surface area contributed by atoms with Crippen LogP contribution >= 0.6 is 17.2 Å².